The molecule has 1 fully saturated rings. The Morgan fingerprint density at radius 3 is 2.81 bits per heavy atom. The largest absolute Gasteiger partial charge is 0.481 e. The highest BCUT2D eigenvalue weighted by atomic mass is 35.5. The molecule has 1 atom stereocenters. The van der Waals surface area contributed by atoms with E-state index in [2.05, 4.69) is 0 Å². The fourth-order valence-electron chi connectivity index (χ4n) is 2.65. The molecular weight excluding hydrogens is 297 g/mol. The topological polar surface area (TPSA) is 57.6 Å². The molecule has 0 aromatic heterocycles. The number of benzene rings is 1. The van der Waals surface area contributed by atoms with Gasteiger partial charge in [-0.1, -0.05) is 11.6 Å². The summed E-state index contributed by atoms with van der Waals surface area (Å²) in [5, 5.41) is 8.71. The standard InChI is InChI=1S/C15H17ClFNO3/c16-12-9-10(4-6-13(12)17)15(21)18-8-2-1-3-11(18)5-7-14(19)20/h4,6,9,11H,1-3,5,7-8H2,(H,19,20). The number of hydrogen-bond acceptors (Lipinski definition) is 2. The number of likely N-dealkylation sites (tertiary alicyclic amines) is 1. The number of carbonyl (C=O) groups is 2. The molecule has 0 aliphatic carbocycles. The van der Waals surface area contributed by atoms with Gasteiger partial charge in [-0.25, -0.2) is 4.39 Å². The van der Waals surface area contributed by atoms with Gasteiger partial charge in [0.15, 0.2) is 0 Å². The van der Waals surface area contributed by atoms with Crippen LogP contribution in [0.4, 0.5) is 4.39 Å². The maximum absolute atomic E-state index is 13.2. The highest BCUT2D eigenvalue weighted by Crippen LogP contribution is 2.24. The Labute approximate surface area is 127 Å². The van der Waals surface area contributed by atoms with Crippen LogP contribution < -0.4 is 0 Å². The summed E-state index contributed by atoms with van der Waals surface area (Å²) in [6.45, 7) is 0.595. The number of amides is 1. The molecule has 1 aromatic carbocycles. The van der Waals surface area contributed by atoms with Crippen LogP contribution in [0.3, 0.4) is 0 Å². The number of carbonyl (C=O) groups excluding carboxylic acids is 1. The number of rotatable bonds is 4. The maximum atomic E-state index is 13.2. The third kappa shape index (κ3) is 3.94. The average molecular weight is 314 g/mol. The lowest BCUT2D eigenvalue weighted by atomic mass is 9.97. The fourth-order valence-corrected chi connectivity index (χ4v) is 2.83. The molecule has 0 radical (unpaired) electrons. The van der Waals surface area contributed by atoms with Crippen molar-refractivity contribution in [1.29, 1.82) is 0 Å². The fraction of sp³-hybridized carbons (Fsp3) is 0.467. The maximum Gasteiger partial charge on any atom is 0.303 e. The Morgan fingerprint density at radius 1 is 1.38 bits per heavy atom. The van der Waals surface area contributed by atoms with E-state index < -0.39 is 11.8 Å². The first-order valence-corrected chi connectivity index (χ1v) is 7.34. The summed E-state index contributed by atoms with van der Waals surface area (Å²) in [6, 6.07) is 3.83. The van der Waals surface area contributed by atoms with Crippen LogP contribution >= 0.6 is 11.6 Å². The van der Waals surface area contributed by atoms with Crippen molar-refractivity contribution in [2.45, 2.75) is 38.1 Å². The Balaban J connectivity index is 2.13. The van der Waals surface area contributed by atoms with Gasteiger partial charge in [0.1, 0.15) is 5.82 Å². The van der Waals surface area contributed by atoms with Crippen molar-refractivity contribution in [1.82, 2.24) is 4.90 Å². The number of halogens is 2. The van der Waals surface area contributed by atoms with Crippen molar-refractivity contribution in [3.05, 3.63) is 34.6 Å². The summed E-state index contributed by atoms with van der Waals surface area (Å²) in [5.74, 6) is -1.64. The van der Waals surface area contributed by atoms with E-state index in [0.717, 1.165) is 19.3 Å². The first-order valence-electron chi connectivity index (χ1n) is 6.97. The zero-order valence-electron chi connectivity index (χ0n) is 11.5. The van der Waals surface area contributed by atoms with Gasteiger partial charge in [0, 0.05) is 24.6 Å². The van der Waals surface area contributed by atoms with Crippen LogP contribution in [-0.2, 0) is 4.79 Å². The zero-order valence-corrected chi connectivity index (χ0v) is 12.3. The molecule has 1 aliphatic rings. The molecule has 1 aromatic rings. The minimum absolute atomic E-state index is 0.0403. The van der Waals surface area contributed by atoms with Gasteiger partial charge in [0.05, 0.1) is 5.02 Å². The molecule has 1 amide bonds. The molecule has 0 spiro atoms. The Kier molecular flexibility index (Phi) is 5.17. The van der Waals surface area contributed by atoms with Crippen molar-refractivity contribution in [2.75, 3.05) is 6.54 Å². The molecule has 0 saturated carbocycles. The van der Waals surface area contributed by atoms with Crippen LogP contribution in [0.1, 0.15) is 42.5 Å². The van der Waals surface area contributed by atoms with E-state index >= 15 is 0 Å². The normalized spacial score (nSPS) is 18.6. The third-order valence-corrected chi connectivity index (χ3v) is 4.04. The summed E-state index contributed by atoms with van der Waals surface area (Å²) in [4.78, 5) is 24.9. The van der Waals surface area contributed by atoms with Crippen molar-refractivity contribution in [2.24, 2.45) is 0 Å². The summed E-state index contributed by atoms with van der Waals surface area (Å²) in [6.07, 6.45) is 3.16. The van der Waals surface area contributed by atoms with Crippen LogP contribution in [0.15, 0.2) is 18.2 Å². The van der Waals surface area contributed by atoms with Crippen molar-refractivity contribution in [3.8, 4) is 0 Å². The third-order valence-electron chi connectivity index (χ3n) is 3.75. The minimum Gasteiger partial charge on any atom is -0.481 e. The molecule has 1 N–H and O–H groups in total. The molecule has 4 nitrogen and oxygen atoms in total. The van der Waals surface area contributed by atoms with Crippen LogP contribution in [0.5, 0.6) is 0 Å². The van der Waals surface area contributed by atoms with Gasteiger partial charge >= 0.3 is 5.97 Å². The summed E-state index contributed by atoms with van der Waals surface area (Å²) < 4.78 is 13.2. The molecule has 1 saturated heterocycles. The average Bonchev–Trinajstić information content (AvgIpc) is 2.47. The number of carboxylic acids is 1. The van der Waals surface area contributed by atoms with E-state index in [-0.39, 0.29) is 23.4 Å². The Bertz CT molecular complexity index is 550. The summed E-state index contributed by atoms with van der Waals surface area (Å²) in [7, 11) is 0. The van der Waals surface area contributed by atoms with Crippen LogP contribution in [0, 0.1) is 5.82 Å². The van der Waals surface area contributed by atoms with E-state index in [4.69, 9.17) is 16.7 Å². The second-order valence-corrected chi connectivity index (χ2v) is 5.62. The van der Waals surface area contributed by atoms with Gasteiger partial charge < -0.3 is 10.0 Å². The van der Waals surface area contributed by atoms with E-state index in [1.807, 2.05) is 0 Å². The molecule has 1 heterocycles. The van der Waals surface area contributed by atoms with Gasteiger partial charge in [-0.15, -0.1) is 0 Å². The van der Waals surface area contributed by atoms with Gasteiger partial charge in [-0.3, -0.25) is 9.59 Å². The summed E-state index contributed by atoms with van der Waals surface area (Å²) in [5.41, 5.74) is 0.337. The monoisotopic (exact) mass is 313 g/mol. The molecular formula is C15H17ClFNO3. The van der Waals surface area contributed by atoms with E-state index in [9.17, 15) is 14.0 Å². The van der Waals surface area contributed by atoms with Gasteiger partial charge in [0.25, 0.3) is 5.91 Å². The van der Waals surface area contributed by atoms with Crippen molar-refractivity contribution >= 4 is 23.5 Å². The SMILES string of the molecule is O=C(O)CCC1CCCCN1C(=O)c1ccc(F)c(Cl)c1. The predicted octanol–water partition coefficient (Wildman–Crippen LogP) is 3.34. The Morgan fingerprint density at radius 2 is 2.14 bits per heavy atom. The number of aliphatic carboxylic acids is 1. The smallest absolute Gasteiger partial charge is 0.303 e. The number of hydrogen-bond donors (Lipinski definition) is 1. The molecule has 1 unspecified atom stereocenters. The first-order chi connectivity index (χ1) is 9.99. The molecule has 6 heteroatoms. The van der Waals surface area contributed by atoms with Crippen molar-refractivity contribution < 1.29 is 19.1 Å². The van der Waals surface area contributed by atoms with E-state index in [1.165, 1.54) is 18.2 Å². The number of carboxylic acid groups (broad SMARTS) is 1. The second-order valence-electron chi connectivity index (χ2n) is 5.21. The number of piperidine rings is 1. The Hall–Kier alpha value is -1.62. The lowest BCUT2D eigenvalue weighted by Gasteiger charge is -2.35. The van der Waals surface area contributed by atoms with Gasteiger partial charge in [0.2, 0.25) is 0 Å². The molecule has 2 rings (SSSR count). The lowest BCUT2D eigenvalue weighted by Crippen LogP contribution is -2.44. The number of nitrogens with zero attached hydrogens (tertiary/aromatic N) is 1. The van der Waals surface area contributed by atoms with Crippen LogP contribution in [0.2, 0.25) is 5.02 Å². The molecule has 21 heavy (non-hydrogen) atoms. The molecule has 114 valence electrons. The highest BCUT2D eigenvalue weighted by Gasteiger charge is 2.28. The van der Waals surface area contributed by atoms with E-state index in [0.29, 0.717) is 18.5 Å². The molecule has 1 aliphatic heterocycles. The summed E-state index contributed by atoms with van der Waals surface area (Å²) >= 11 is 5.71. The first kappa shape index (κ1) is 15.8. The second kappa shape index (κ2) is 6.89. The van der Waals surface area contributed by atoms with Crippen LogP contribution in [-0.4, -0.2) is 34.5 Å². The highest BCUT2D eigenvalue weighted by molar-refractivity contribution is 6.31. The quantitative estimate of drug-likeness (QED) is 0.927. The van der Waals surface area contributed by atoms with Crippen LogP contribution in [0.25, 0.3) is 0 Å². The minimum atomic E-state index is -0.863. The van der Waals surface area contributed by atoms with Crippen molar-refractivity contribution in [3.63, 3.8) is 0 Å². The van der Waals surface area contributed by atoms with Gasteiger partial charge in [-0.05, 0) is 43.9 Å². The lowest BCUT2D eigenvalue weighted by molar-refractivity contribution is -0.137. The molecule has 0 bridgehead atoms. The predicted molar refractivity (Wildman–Crippen MR) is 77.0 cm³/mol. The van der Waals surface area contributed by atoms with Gasteiger partial charge in [-0.2, -0.15) is 0 Å². The zero-order chi connectivity index (χ0) is 15.4. The van der Waals surface area contributed by atoms with E-state index in [1.54, 1.807) is 4.90 Å².